The number of halogens is 1. The average molecular weight is 506 g/mol. The van der Waals surface area contributed by atoms with E-state index in [1.807, 2.05) is 0 Å². The number of nitrogens with zero attached hydrogens (tertiary/aromatic N) is 1. The summed E-state index contributed by atoms with van der Waals surface area (Å²) in [5.41, 5.74) is 1.47. The summed E-state index contributed by atoms with van der Waals surface area (Å²) in [4.78, 5) is 36.1. The van der Waals surface area contributed by atoms with Gasteiger partial charge in [0.1, 0.15) is 5.76 Å². The van der Waals surface area contributed by atoms with Gasteiger partial charge in [-0.25, -0.2) is 0 Å². The van der Waals surface area contributed by atoms with Crippen molar-refractivity contribution in [2.24, 2.45) is 0 Å². The zero-order valence-corrected chi connectivity index (χ0v) is 19.4. The van der Waals surface area contributed by atoms with Crippen LogP contribution in [0, 0.1) is 10.1 Å². The Balaban J connectivity index is 1.48. The smallest absolute Gasteiger partial charge is 0.293 e. The highest BCUT2D eigenvalue weighted by molar-refractivity contribution is 7.80. The van der Waals surface area contributed by atoms with Crippen LogP contribution >= 0.6 is 23.8 Å². The maximum absolute atomic E-state index is 13.0. The summed E-state index contributed by atoms with van der Waals surface area (Å²) in [6.45, 7) is 0. The number of nitro benzene ring substituents is 1. The molecule has 35 heavy (non-hydrogen) atoms. The lowest BCUT2D eigenvalue weighted by atomic mass is 10.0. The van der Waals surface area contributed by atoms with Crippen LogP contribution in [0.3, 0.4) is 0 Å². The molecule has 4 rings (SSSR count). The SMILES string of the molecule is O=C(NC(=S)Nc1ccc(Cl)cc1C(=O)c1ccccc1)c1ccc(-c2cccc([N+](=O)[O-])c2)o1. The number of benzene rings is 3. The first-order valence-corrected chi connectivity index (χ1v) is 11.0. The third-order valence-electron chi connectivity index (χ3n) is 4.91. The predicted octanol–water partition coefficient (Wildman–Crippen LogP) is 5.87. The molecule has 1 aromatic heterocycles. The molecule has 0 saturated heterocycles. The minimum Gasteiger partial charge on any atom is -0.451 e. The van der Waals surface area contributed by atoms with Crippen LogP contribution in [0.4, 0.5) is 11.4 Å². The summed E-state index contributed by atoms with van der Waals surface area (Å²) in [6, 6.07) is 22.2. The van der Waals surface area contributed by atoms with Crippen molar-refractivity contribution >= 4 is 52.0 Å². The van der Waals surface area contributed by atoms with Crippen LogP contribution in [0.2, 0.25) is 5.02 Å². The second-order valence-electron chi connectivity index (χ2n) is 7.26. The van der Waals surface area contributed by atoms with Crippen LogP contribution in [-0.4, -0.2) is 21.7 Å². The maximum atomic E-state index is 13.0. The summed E-state index contributed by atoms with van der Waals surface area (Å²) in [6.07, 6.45) is 0. The Morgan fingerprint density at radius 1 is 0.943 bits per heavy atom. The summed E-state index contributed by atoms with van der Waals surface area (Å²) in [5, 5.41) is 16.6. The molecule has 1 heterocycles. The third kappa shape index (κ3) is 5.60. The van der Waals surface area contributed by atoms with Crippen molar-refractivity contribution in [2.45, 2.75) is 0 Å². The van der Waals surface area contributed by atoms with Gasteiger partial charge in [-0.3, -0.25) is 25.0 Å². The van der Waals surface area contributed by atoms with Gasteiger partial charge in [-0.05, 0) is 42.5 Å². The molecular weight excluding hydrogens is 490 g/mol. The van der Waals surface area contributed by atoms with Gasteiger partial charge in [-0.2, -0.15) is 0 Å². The molecule has 0 radical (unpaired) electrons. The van der Waals surface area contributed by atoms with E-state index < -0.39 is 10.8 Å². The fourth-order valence-electron chi connectivity index (χ4n) is 3.26. The molecule has 0 aliphatic heterocycles. The standard InChI is InChI=1S/C25H16ClN3O5S/c26-17-9-10-20(19(14-17)23(30)15-5-2-1-3-6-15)27-25(35)28-24(31)22-12-11-21(34-22)16-7-4-8-18(13-16)29(32)33/h1-14H,(H2,27,28,31,35). The average Bonchev–Trinajstić information content (AvgIpc) is 3.36. The zero-order valence-electron chi connectivity index (χ0n) is 17.9. The Bertz CT molecular complexity index is 1450. The van der Waals surface area contributed by atoms with E-state index >= 15 is 0 Å². The zero-order chi connectivity index (χ0) is 24.9. The molecule has 0 aliphatic rings. The molecule has 0 spiro atoms. The van der Waals surface area contributed by atoms with E-state index in [-0.39, 0.29) is 33.7 Å². The van der Waals surface area contributed by atoms with Gasteiger partial charge >= 0.3 is 0 Å². The number of non-ortho nitro benzene ring substituents is 1. The first-order valence-electron chi connectivity index (χ1n) is 10.2. The molecule has 2 N–H and O–H groups in total. The Morgan fingerprint density at radius 2 is 1.71 bits per heavy atom. The van der Waals surface area contributed by atoms with Crippen molar-refractivity contribution in [3.63, 3.8) is 0 Å². The Labute approximate surface area is 209 Å². The summed E-state index contributed by atoms with van der Waals surface area (Å²) >= 11 is 11.3. The molecule has 3 aromatic carbocycles. The Hall–Kier alpha value is -4.34. The minimum atomic E-state index is -0.635. The molecule has 0 atom stereocenters. The van der Waals surface area contributed by atoms with Gasteiger partial charge < -0.3 is 9.73 Å². The van der Waals surface area contributed by atoms with Gasteiger partial charge in [-0.1, -0.05) is 54.1 Å². The summed E-state index contributed by atoms with van der Waals surface area (Å²) in [5.74, 6) is -0.667. The topological polar surface area (TPSA) is 114 Å². The Morgan fingerprint density at radius 3 is 2.46 bits per heavy atom. The van der Waals surface area contributed by atoms with Gasteiger partial charge in [0.05, 0.1) is 10.6 Å². The van der Waals surface area contributed by atoms with E-state index in [1.165, 1.54) is 36.4 Å². The number of carbonyl (C=O) groups is 2. The van der Waals surface area contributed by atoms with Crippen LogP contribution in [0.25, 0.3) is 11.3 Å². The van der Waals surface area contributed by atoms with Crippen molar-refractivity contribution < 1.29 is 18.9 Å². The Kier molecular flexibility index (Phi) is 7.00. The molecule has 0 saturated carbocycles. The largest absolute Gasteiger partial charge is 0.451 e. The molecule has 8 nitrogen and oxygen atoms in total. The van der Waals surface area contributed by atoms with Gasteiger partial charge in [-0.15, -0.1) is 0 Å². The highest BCUT2D eigenvalue weighted by Crippen LogP contribution is 2.26. The van der Waals surface area contributed by atoms with E-state index in [2.05, 4.69) is 10.6 Å². The summed E-state index contributed by atoms with van der Waals surface area (Å²) in [7, 11) is 0. The highest BCUT2D eigenvalue weighted by atomic mass is 35.5. The van der Waals surface area contributed by atoms with Crippen molar-refractivity contribution in [3.8, 4) is 11.3 Å². The van der Waals surface area contributed by atoms with Crippen molar-refractivity contribution in [1.29, 1.82) is 0 Å². The molecule has 0 bridgehead atoms. The molecule has 0 unspecified atom stereocenters. The van der Waals surface area contributed by atoms with Crippen LogP contribution in [-0.2, 0) is 0 Å². The monoisotopic (exact) mass is 505 g/mol. The van der Waals surface area contributed by atoms with E-state index in [0.717, 1.165) is 0 Å². The number of hydrogen-bond acceptors (Lipinski definition) is 6. The number of nitrogens with one attached hydrogen (secondary N) is 2. The van der Waals surface area contributed by atoms with E-state index in [4.69, 9.17) is 28.2 Å². The quantitative estimate of drug-likeness (QED) is 0.146. The van der Waals surface area contributed by atoms with Crippen molar-refractivity contribution in [3.05, 3.63) is 117 Å². The number of amides is 1. The fourth-order valence-corrected chi connectivity index (χ4v) is 3.64. The normalized spacial score (nSPS) is 10.4. The first-order chi connectivity index (χ1) is 16.8. The third-order valence-corrected chi connectivity index (χ3v) is 5.35. The molecule has 0 fully saturated rings. The van der Waals surface area contributed by atoms with Crippen LogP contribution in [0.15, 0.2) is 89.3 Å². The second kappa shape index (κ2) is 10.3. The number of hydrogen-bond donors (Lipinski definition) is 2. The van der Waals surface area contributed by atoms with E-state index in [1.54, 1.807) is 48.5 Å². The second-order valence-corrected chi connectivity index (χ2v) is 8.11. The van der Waals surface area contributed by atoms with Crippen molar-refractivity contribution in [1.82, 2.24) is 5.32 Å². The number of ketones is 1. The molecule has 10 heteroatoms. The number of nitro groups is 1. The highest BCUT2D eigenvalue weighted by Gasteiger charge is 2.18. The van der Waals surface area contributed by atoms with Gasteiger partial charge in [0, 0.05) is 33.8 Å². The maximum Gasteiger partial charge on any atom is 0.293 e. The van der Waals surface area contributed by atoms with Crippen LogP contribution < -0.4 is 10.6 Å². The lowest BCUT2D eigenvalue weighted by molar-refractivity contribution is -0.384. The van der Waals surface area contributed by atoms with Gasteiger partial charge in [0.2, 0.25) is 0 Å². The van der Waals surface area contributed by atoms with Crippen molar-refractivity contribution in [2.75, 3.05) is 5.32 Å². The van der Waals surface area contributed by atoms with E-state index in [0.29, 0.717) is 21.8 Å². The number of rotatable bonds is 6. The fraction of sp³-hybridized carbons (Fsp3) is 0. The molecule has 4 aromatic rings. The molecule has 174 valence electrons. The summed E-state index contributed by atoms with van der Waals surface area (Å²) < 4.78 is 5.56. The minimum absolute atomic E-state index is 0.0488. The van der Waals surface area contributed by atoms with Gasteiger partial charge in [0.15, 0.2) is 16.7 Å². The van der Waals surface area contributed by atoms with Gasteiger partial charge in [0.25, 0.3) is 11.6 Å². The lowest BCUT2D eigenvalue weighted by Crippen LogP contribution is -2.34. The number of carbonyl (C=O) groups excluding carboxylic acids is 2. The number of thiocarbonyl (C=S) groups is 1. The number of furan rings is 1. The van der Waals surface area contributed by atoms with Crippen LogP contribution in [0.1, 0.15) is 26.5 Å². The lowest BCUT2D eigenvalue weighted by Gasteiger charge is -2.13. The van der Waals surface area contributed by atoms with Crippen LogP contribution in [0.5, 0.6) is 0 Å². The predicted molar refractivity (Wildman–Crippen MR) is 136 cm³/mol. The molecule has 1 amide bonds. The number of anilines is 1. The van der Waals surface area contributed by atoms with E-state index in [9.17, 15) is 19.7 Å². The molecule has 0 aliphatic carbocycles. The first kappa shape index (κ1) is 23.8. The molecular formula is C25H16ClN3O5S.